The number of aromatic nitrogens is 1. The number of aliphatic hydroxyl groups excluding tert-OH is 1. The van der Waals surface area contributed by atoms with Crippen molar-refractivity contribution in [1.82, 2.24) is 4.98 Å². The first-order valence-electron chi connectivity index (χ1n) is 4.86. The summed E-state index contributed by atoms with van der Waals surface area (Å²) in [6, 6.07) is 3.78. The fourth-order valence-electron chi connectivity index (χ4n) is 1.58. The van der Waals surface area contributed by atoms with Gasteiger partial charge in [-0.25, -0.2) is 4.98 Å². The smallest absolute Gasteiger partial charge is 0.129 e. The van der Waals surface area contributed by atoms with Crippen LogP contribution in [0.5, 0.6) is 0 Å². The Kier molecular flexibility index (Phi) is 2.79. The molecule has 0 spiro atoms. The quantitative estimate of drug-likeness (QED) is 0.715. The zero-order valence-electron chi connectivity index (χ0n) is 8.06. The van der Waals surface area contributed by atoms with E-state index in [1.807, 2.05) is 12.1 Å². The lowest BCUT2D eigenvalue weighted by atomic mass is 10.2. The van der Waals surface area contributed by atoms with E-state index in [1.54, 1.807) is 6.20 Å². The predicted molar refractivity (Wildman–Crippen MR) is 56.1 cm³/mol. The Labute approximate surface area is 83.7 Å². The zero-order valence-corrected chi connectivity index (χ0v) is 8.06. The van der Waals surface area contributed by atoms with Crippen molar-refractivity contribution in [3.05, 3.63) is 36.0 Å². The van der Waals surface area contributed by atoms with Crippen molar-refractivity contribution in [2.75, 3.05) is 18.0 Å². The number of aliphatic hydroxyl groups is 1. The summed E-state index contributed by atoms with van der Waals surface area (Å²) in [5.41, 5.74) is 0.921. The molecule has 0 saturated carbocycles. The first kappa shape index (κ1) is 9.21. The second-order valence-electron chi connectivity index (χ2n) is 3.39. The molecule has 0 fully saturated rings. The summed E-state index contributed by atoms with van der Waals surface area (Å²) in [5, 5.41) is 9.00. The molecule has 1 aliphatic rings. The van der Waals surface area contributed by atoms with E-state index >= 15 is 0 Å². The Morgan fingerprint density at radius 2 is 2.36 bits per heavy atom. The maximum Gasteiger partial charge on any atom is 0.129 e. The molecule has 14 heavy (non-hydrogen) atoms. The summed E-state index contributed by atoms with van der Waals surface area (Å²) in [6.07, 6.45) is 7.16. The number of pyridine rings is 1. The molecule has 1 aromatic heterocycles. The van der Waals surface area contributed by atoms with Crippen molar-refractivity contribution >= 4 is 5.82 Å². The summed E-state index contributed by atoms with van der Waals surface area (Å²) in [5.74, 6) is 0.959. The Bertz CT molecular complexity index is 336. The van der Waals surface area contributed by atoms with Gasteiger partial charge in [0.1, 0.15) is 5.82 Å². The van der Waals surface area contributed by atoms with Crippen LogP contribution in [0.25, 0.3) is 0 Å². The van der Waals surface area contributed by atoms with Crippen LogP contribution in [0.3, 0.4) is 0 Å². The molecule has 0 radical (unpaired) electrons. The molecular formula is C11H14N2O. The predicted octanol–water partition coefficient (Wildman–Crippen LogP) is 1.34. The molecule has 1 aliphatic heterocycles. The molecule has 3 heteroatoms. The summed E-state index contributed by atoms with van der Waals surface area (Å²) < 4.78 is 0. The molecule has 0 bridgehead atoms. The summed E-state index contributed by atoms with van der Waals surface area (Å²) >= 11 is 0. The standard InChI is InChI=1S/C11H14N2O/c14-9-10-4-5-12-11(8-10)13-6-2-1-3-7-13/h1-2,4-5,8,14H,3,6-7,9H2. The highest BCUT2D eigenvalue weighted by atomic mass is 16.3. The van der Waals surface area contributed by atoms with E-state index in [0.29, 0.717) is 0 Å². The van der Waals surface area contributed by atoms with Crippen LogP contribution in [-0.4, -0.2) is 23.2 Å². The van der Waals surface area contributed by atoms with Crippen molar-refractivity contribution in [2.24, 2.45) is 0 Å². The monoisotopic (exact) mass is 190 g/mol. The van der Waals surface area contributed by atoms with Crippen LogP contribution < -0.4 is 4.90 Å². The molecule has 74 valence electrons. The average Bonchev–Trinajstić information content (AvgIpc) is 2.30. The van der Waals surface area contributed by atoms with Crippen LogP contribution in [0, 0.1) is 0 Å². The summed E-state index contributed by atoms with van der Waals surface area (Å²) in [6.45, 7) is 2.01. The van der Waals surface area contributed by atoms with E-state index in [4.69, 9.17) is 5.11 Å². The van der Waals surface area contributed by atoms with Gasteiger partial charge in [0.2, 0.25) is 0 Å². The van der Waals surface area contributed by atoms with E-state index in [1.165, 1.54) is 0 Å². The zero-order chi connectivity index (χ0) is 9.80. The van der Waals surface area contributed by atoms with Gasteiger partial charge in [-0.15, -0.1) is 0 Å². The third-order valence-corrected chi connectivity index (χ3v) is 2.37. The second-order valence-corrected chi connectivity index (χ2v) is 3.39. The van der Waals surface area contributed by atoms with Gasteiger partial charge in [0.25, 0.3) is 0 Å². The molecule has 1 N–H and O–H groups in total. The third-order valence-electron chi connectivity index (χ3n) is 2.37. The molecule has 0 aliphatic carbocycles. The van der Waals surface area contributed by atoms with Crippen LogP contribution >= 0.6 is 0 Å². The van der Waals surface area contributed by atoms with Crippen molar-refractivity contribution < 1.29 is 5.11 Å². The van der Waals surface area contributed by atoms with Crippen molar-refractivity contribution in [3.63, 3.8) is 0 Å². The Hall–Kier alpha value is -1.35. The molecular weight excluding hydrogens is 176 g/mol. The van der Waals surface area contributed by atoms with Gasteiger partial charge in [0.15, 0.2) is 0 Å². The van der Waals surface area contributed by atoms with Crippen molar-refractivity contribution in [2.45, 2.75) is 13.0 Å². The highest BCUT2D eigenvalue weighted by Crippen LogP contribution is 2.15. The summed E-state index contributed by atoms with van der Waals surface area (Å²) in [4.78, 5) is 6.50. The first-order chi connectivity index (χ1) is 6.90. The van der Waals surface area contributed by atoms with Crippen molar-refractivity contribution in [1.29, 1.82) is 0 Å². The lowest BCUT2D eigenvalue weighted by molar-refractivity contribution is 0.281. The Balaban J connectivity index is 2.18. The van der Waals surface area contributed by atoms with Gasteiger partial charge in [0.05, 0.1) is 6.61 Å². The van der Waals surface area contributed by atoms with Gasteiger partial charge in [-0.3, -0.25) is 0 Å². The maximum absolute atomic E-state index is 9.00. The lowest BCUT2D eigenvalue weighted by Crippen LogP contribution is -2.27. The van der Waals surface area contributed by atoms with E-state index in [0.717, 1.165) is 30.9 Å². The largest absolute Gasteiger partial charge is 0.392 e. The molecule has 2 heterocycles. The normalized spacial score (nSPS) is 15.9. The molecule has 0 aromatic carbocycles. The lowest BCUT2D eigenvalue weighted by Gasteiger charge is -2.24. The van der Waals surface area contributed by atoms with Gasteiger partial charge < -0.3 is 10.0 Å². The third kappa shape index (κ3) is 1.93. The van der Waals surface area contributed by atoms with E-state index < -0.39 is 0 Å². The van der Waals surface area contributed by atoms with E-state index in [2.05, 4.69) is 22.0 Å². The second kappa shape index (κ2) is 4.24. The van der Waals surface area contributed by atoms with Crippen LogP contribution in [0.15, 0.2) is 30.5 Å². The minimum Gasteiger partial charge on any atom is -0.392 e. The van der Waals surface area contributed by atoms with E-state index in [-0.39, 0.29) is 6.61 Å². The Morgan fingerprint density at radius 1 is 1.43 bits per heavy atom. The maximum atomic E-state index is 9.00. The molecule has 0 amide bonds. The van der Waals surface area contributed by atoms with Gasteiger partial charge >= 0.3 is 0 Å². The fourth-order valence-corrected chi connectivity index (χ4v) is 1.58. The van der Waals surface area contributed by atoms with Crippen LogP contribution in [0.4, 0.5) is 5.82 Å². The van der Waals surface area contributed by atoms with Crippen LogP contribution in [0.1, 0.15) is 12.0 Å². The highest BCUT2D eigenvalue weighted by molar-refractivity contribution is 5.42. The number of rotatable bonds is 2. The SMILES string of the molecule is OCc1ccnc(N2CC=CCC2)c1. The van der Waals surface area contributed by atoms with E-state index in [9.17, 15) is 0 Å². The summed E-state index contributed by atoms with van der Waals surface area (Å²) in [7, 11) is 0. The minimum absolute atomic E-state index is 0.0825. The topological polar surface area (TPSA) is 36.4 Å². The van der Waals surface area contributed by atoms with Gasteiger partial charge in [0, 0.05) is 19.3 Å². The number of nitrogens with zero attached hydrogens (tertiary/aromatic N) is 2. The van der Waals surface area contributed by atoms with Gasteiger partial charge in [-0.1, -0.05) is 12.2 Å². The molecule has 0 atom stereocenters. The van der Waals surface area contributed by atoms with Crippen molar-refractivity contribution in [3.8, 4) is 0 Å². The molecule has 0 unspecified atom stereocenters. The van der Waals surface area contributed by atoms with Gasteiger partial charge in [-0.05, 0) is 24.1 Å². The van der Waals surface area contributed by atoms with Crippen LogP contribution in [-0.2, 0) is 6.61 Å². The van der Waals surface area contributed by atoms with Gasteiger partial charge in [-0.2, -0.15) is 0 Å². The number of hydrogen-bond acceptors (Lipinski definition) is 3. The molecule has 0 saturated heterocycles. The molecule has 3 nitrogen and oxygen atoms in total. The fraction of sp³-hybridized carbons (Fsp3) is 0.364. The molecule has 2 rings (SSSR count). The number of anilines is 1. The molecule has 1 aromatic rings. The highest BCUT2D eigenvalue weighted by Gasteiger charge is 2.08. The first-order valence-corrected chi connectivity index (χ1v) is 4.86. The number of hydrogen-bond donors (Lipinski definition) is 1. The minimum atomic E-state index is 0.0825. The average molecular weight is 190 g/mol. The Morgan fingerprint density at radius 3 is 3.07 bits per heavy atom. The van der Waals surface area contributed by atoms with Crippen LogP contribution in [0.2, 0.25) is 0 Å².